The monoisotopic (exact) mass is 332 g/mol. The van der Waals surface area contributed by atoms with Gasteiger partial charge in [-0.2, -0.15) is 0 Å². The van der Waals surface area contributed by atoms with E-state index in [0.717, 1.165) is 6.54 Å². The third-order valence-corrected chi connectivity index (χ3v) is 4.09. The van der Waals surface area contributed by atoms with Gasteiger partial charge in [-0.1, -0.05) is 95.6 Å². The summed E-state index contributed by atoms with van der Waals surface area (Å²) in [5, 5.41) is 0. The smallest absolute Gasteiger partial charge is 0.0228 e. The summed E-state index contributed by atoms with van der Waals surface area (Å²) in [6.45, 7) is 7.12. The molecule has 0 aliphatic rings. The predicted molar refractivity (Wildman–Crippen MR) is 108 cm³/mol. The van der Waals surface area contributed by atoms with E-state index in [9.17, 15) is 0 Å². The van der Waals surface area contributed by atoms with E-state index in [2.05, 4.69) is 92.9 Å². The van der Waals surface area contributed by atoms with Gasteiger partial charge in [-0.05, 0) is 31.9 Å². The molecule has 0 aromatic heterocycles. The van der Waals surface area contributed by atoms with Crippen LogP contribution in [0.15, 0.2) is 78.9 Å². The normalized spacial score (nSPS) is 10.3. The third-order valence-electron chi connectivity index (χ3n) is 4.09. The second kappa shape index (κ2) is 9.77. The van der Waals surface area contributed by atoms with Gasteiger partial charge >= 0.3 is 0 Å². The molecule has 3 aromatic rings. The summed E-state index contributed by atoms with van der Waals surface area (Å²) in [6, 6.07) is 27.4. The minimum absolute atomic E-state index is 0.312. The van der Waals surface area contributed by atoms with Crippen molar-refractivity contribution in [1.82, 2.24) is 5.43 Å². The van der Waals surface area contributed by atoms with Crippen LogP contribution in [0.1, 0.15) is 33.7 Å². The molecule has 0 atom stereocenters. The zero-order chi connectivity index (χ0) is 18.1. The Labute approximate surface area is 151 Å². The lowest BCUT2D eigenvalue weighted by molar-refractivity contribution is 0.664. The minimum atomic E-state index is 0.312. The molecule has 3 aromatic carbocycles. The van der Waals surface area contributed by atoms with E-state index in [1.807, 2.05) is 12.1 Å². The van der Waals surface area contributed by atoms with Gasteiger partial charge in [0.15, 0.2) is 0 Å². The number of hydrazine groups is 1. The van der Waals surface area contributed by atoms with Crippen LogP contribution in [0.2, 0.25) is 0 Å². The Morgan fingerprint density at radius 2 is 1.04 bits per heavy atom. The van der Waals surface area contributed by atoms with Crippen LogP contribution >= 0.6 is 0 Å². The van der Waals surface area contributed by atoms with Gasteiger partial charge in [-0.3, -0.25) is 11.3 Å². The predicted octanol–water partition coefficient (Wildman–Crippen LogP) is 4.89. The summed E-state index contributed by atoms with van der Waals surface area (Å²) in [7, 11) is 0. The van der Waals surface area contributed by atoms with Crippen LogP contribution in [0, 0.1) is 20.8 Å². The molecule has 0 fully saturated rings. The van der Waals surface area contributed by atoms with E-state index >= 15 is 0 Å². The summed E-state index contributed by atoms with van der Waals surface area (Å²) in [5.74, 6) is 5.77. The van der Waals surface area contributed by atoms with Crippen molar-refractivity contribution in [3.8, 4) is 0 Å². The van der Waals surface area contributed by atoms with E-state index < -0.39 is 0 Å². The van der Waals surface area contributed by atoms with Crippen LogP contribution in [0.5, 0.6) is 0 Å². The fourth-order valence-corrected chi connectivity index (χ4v) is 3.12. The van der Waals surface area contributed by atoms with Crippen molar-refractivity contribution >= 4 is 0 Å². The van der Waals surface area contributed by atoms with Crippen molar-refractivity contribution in [3.63, 3.8) is 0 Å². The molecule has 130 valence electrons. The molecule has 0 saturated carbocycles. The first-order valence-electron chi connectivity index (χ1n) is 8.68. The van der Waals surface area contributed by atoms with Crippen LogP contribution in [0.3, 0.4) is 0 Å². The molecule has 0 spiro atoms. The number of hydrogen-bond acceptors (Lipinski definition) is 2. The van der Waals surface area contributed by atoms with Crippen LogP contribution in [0.25, 0.3) is 0 Å². The van der Waals surface area contributed by atoms with E-state index in [0.29, 0.717) is 5.92 Å². The number of rotatable bonds is 4. The van der Waals surface area contributed by atoms with Gasteiger partial charge in [-0.25, -0.2) is 0 Å². The molecule has 2 heteroatoms. The Morgan fingerprint density at radius 1 is 0.680 bits per heavy atom. The maximum atomic E-state index is 5.45. The number of benzene rings is 3. The Morgan fingerprint density at radius 3 is 1.36 bits per heavy atom. The molecule has 0 radical (unpaired) electrons. The molecule has 0 amide bonds. The van der Waals surface area contributed by atoms with Crippen molar-refractivity contribution < 1.29 is 0 Å². The highest BCUT2D eigenvalue weighted by molar-refractivity contribution is 5.32. The molecule has 25 heavy (non-hydrogen) atoms. The summed E-state index contributed by atoms with van der Waals surface area (Å²) in [6.07, 6.45) is 0. The Bertz CT molecular complexity index is 662. The first-order valence-corrected chi connectivity index (χ1v) is 8.68. The van der Waals surface area contributed by atoms with Crippen molar-refractivity contribution in [2.75, 3.05) is 6.54 Å². The highest BCUT2D eigenvalue weighted by Gasteiger charge is 2.12. The molecule has 0 heterocycles. The lowest BCUT2D eigenvalue weighted by Gasteiger charge is -2.17. The van der Waals surface area contributed by atoms with E-state index in [4.69, 9.17) is 5.84 Å². The maximum Gasteiger partial charge on any atom is 0.0228 e. The summed E-state index contributed by atoms with van der Waals surface area (Å²) in [5.41, 5.74) is 9.40. The molecule has 0 aliphatic carbocycles. The van der Waals surface area contributed by atoms with Gasteiger partial charge in [-0.15, -0.1) is 0 Å². The lowest BCUT2D eigenvalue weighted by atomic mass is 9.91. The average molecular weight is 332 g/mol. The standard InChI is InChI=1S/C14H16N2.C9H12/c15-16-11-14(12-7-3-1-4-8-12)13-9-5-2-6-10-13;1-7-4-8(2)6-9(3)5-7/h1-10,14,16H,11,15H2;4-6H,1-3H3. The number of nitrogens with two attached hydrogens (primary N) is 1. The van der Waals surface area contributed by atoms with Gasteiger partial charge in [0.1, 0.15) is 0 Å². The molecule has 3 N–H and O–H groups in total. The molecule has 3 rings (SSSR count). The Balaban J connectivity index is 0.000000212. The molecular formula is C23H28N2. The largest absolute Gasteiger partial charge is 0.271 e. The van der Waals surface area contributed by atoms with Gasteiger partial charge in [0.25, 0.3) is 0 Å². The molecule has 0 unspecified atom stereocenters. The second-order valence-electron chi connectivity index (χ2n) is 6.45. The molecule has 0 saturated heterocycles. The van der Waals surface area contributed by atoms with Gasteiger partial charge in [0.05, 0.1) is 0 Å². The third kappa shape index (κ3) is 6.18. The molecule has 2 nitrogen and oxygen atoms in total. The fourth-order valence-electron chi connectivity index (χ4n) is 3.12. The van der Waals surface area contributed by atoms with E-state index in [1.165, 1.54) is 27.8 Å². The van der Waals surface area contributed by atoms with Gasteiger partial charge in [0.2, 0.25) is 0 Å². The molecule has 0 bridgehead atoms. The first-order chi connectivity index (χ1) is 12.1. The number of nitrogens with one attached hydrogen (secondary N) is 1. The molecule has 0 aliphatic heterocycles. The van der Waals surface area contributed by atoms with E-state index in [-0.39, 0.29) is 0 Å². The van der Waals surface area contributed by atoms with Crippen LogP contribution < -0.4 is 11.3 Å². The first kappa shape index (κ1) is 18.9. The van der Waals surface area contributed by atoms with Crippen molar-refractivity contribution in [3.05, 3.63) is 107 Å². The minimum Gasteiger partial charge on any atom is -0.271 e. The summed E-state index contributed by atoms with van der Waals surface area (Å²) < 4.78 is 0. The van der Waals surface area contributed by atoms with Crippen LogP contribution in [-0.2, 0) is 0 Å². The van der Waals surface area contributed by atoms with Crippen LogP contribution in [-0.4, -0.2) is 6.54 Å². The second-order valence-corrected chi connectivity index (χ2v) is 6.45. The highest BCUT2D eigenvalue weighted by atomic mass is 15.2. The lowest BCUT2D eigenvalue weighted by Crippen LogP contribution is -2.28. The summed E-state index contributed by atoms with van der Waals surface area (Å²) in [4.78, 5) is 0. The SMILES string of the molecule is Cc1cc(C)cc(C)c1.NNCC(c1ccccc1)c1ccccc1. The quantitative estimate of drug-likeness (QED) is 0.527. The number of aryl methyl sites for hydroxylation is 3. The topological polar surface area (TPSA) is 38.0 Å². The average Bonchev–Trinajstić information content (AvgIpc) is 2.60. The van der Waals surface area contributed by atoms with E-state index in [1.54, 1.807) is 0 Å². The van der Waals surface area contributed by atoms with Crippen LogP contribution in [0.4, 0.5) is 0 Å². The molecular weight excluding hydrogens is 304 g/mol. The van der Waals surface area contributed by atoms with Crippen molar-refractivity contribution in [2.45, 2.75) is 26.7 Å². The Hall–Kier alpha value is -2.42. The zero-order valence-corrected chi connectivity index (χ0v) is 15.4. The number of hydrogen-bond donors (Lipinski definition) is 2. The summed E-state index contributed by atoms with van der Waals surface area (Å²) >= 11 is 0. The Kier molecular flexibility index (Phi) is 7.39. The maximum absolute atomic E-state index is 5.45. The van der Waals surface area contributed by atoms with Crippen molar-refractivity contribution in [2.24, 2.45) is 5.84 Å². The zero-order valence-electron chi connectivity index (χ0n) is 15.4. The van der Waals surface area contributed by atoms with Crippen molar-refractivity contribution in [1.29, 1.82) is 0 Å². The van der Waals surface area contributed by atoms with Gasteiger partial charge in [0, 0.05) is 12.5 Å². The highest BCUT2D eigenvalue weighted by Crippen LogP contribution is 2.23. The van der Waals surface area contributed by atoms with Gasteiger partial charge < -0.3 is 0 Å². The fraction of sp³-hybridized carbons (Fsp3) is 0.217.